The number of nitrogens with zero attached hydrogens (tertiary/aromatic N) is 2. The van der Waals surface area contributed by atoms with Crippen molar-refractivity contribution >= 4 is 40.5 Å². The average Bonchev–Trinajstić information content (AvgIpc) is 2.60. The third-order valence-corrected chi connectivity index (χ3v) is 4.14. The zero-order valence-electron chi connectivity index (χ0n) is 13.9. The molecule has 1 heterocycles. The van der Waals surface area contributed by atoms with Crippen molar-refractivity contribution in [1.82, 2.24) is 9.97 Å². The molecule has 3 aromatic rings. The number of ketones is 1. The number of hydrogen-bond acceptors (Lipinski definition) is 5. The van der Waals surface area contributed by atoms with E-state index in [0.717, 1.165) is 16.9 Å². The largest absolute Gasteiger partial charge is 0.340 e. The number of aromatic nitrogens is 2. The summed E-state index contributed by atoms with van der Waals surface area (Å²) in [6.45, 7) is 3.49. The Morgan fingerprint density at radius 1 is 1.04 bits per heavy atom. The summed E-state index contributed by atoms with van der Waals surface area (Å²) in [6, 6.07) is 14.6. The van der Waals surface area contributed by atoms with Gasteiger partial charge in [-0.3, -0.25) is 4.79 Å². The third-order valence-electron chi connectivity index (χ3n) is 3.73. The fourth-order valence-electron chi connectivity index (χ4n) is 2.29. The Hall–Kier alpha value is -2.92. The van der Waals surface area contributed by atoms with E-state index in [4.69, 9.17) is 11.6 Å². The van der Waals surface area contributed by atoms with Crippen molar-refractivity contribution in [3.05, 3.63) is 70.9 Å². The predicted molar refractivity (Wildman–Crippen MR) is 101 cm³/mol. The van der Waals surface area contributed by atoms with Crippen LogP contribution in [0.5, 0.6) is 0 Å². The highest BCUT2D eigenvalue weighted by Gasteiger charge is 2.05. The van der Waals surface area contributed by atoms with E-state index in [0.29, 0.717) is 22.4 Å². The summed E-state index contributed by atoms with van der Waals surface area (Å²) in [5.41, 5.74) is 3.32. The van der Waals surface area contributed by atoms with Gasteiger partial charge < -0.3 is 10.6 Å². The number of carbonyl (C=O) groups excluding carboxylic acids is 1. The van der Waals surface area contributed by atoms with Crippen LogP contribution in [0.2, 0.25) is 5.02 Å². The first-order valence-electron chi connectivity index (χ1n) is 7.76. The molecule has 2 N–H and O–H groups in total. The summed E-state index contributed by atoms with van der Waals surface area (Å²) >= 11 is 6.14. The Morgan fingerprint density at radius 3 is 2.52 bits per heavy atom. The molecule has 0 bridgehead atoms. The molecule has 0 radical (unpaired) electrons. The first-order chi connectivity index (χ1) is 12.0. The van der Waals surface area contributed by atoms with Crippen LogP contribution in [0.25, 0.3) is 0 Å². The summed E-state index contributed by atoms with van der Waals surface area (Å²) in [5.74, 6) is 1.15. The average molecular weight is 353 g/mol. The van der Waals surface area contributed by atoms with Crippen molar-refractivity contribution < 1.29 is 4.79 Å². The van der Waals surface area contributed by atoms with E-state index in [2.05, 4.69) is 20.6 Å². The Bertz CT molecular complexity index is 910. The monoisotopic (exact) mass is 352 g/mol. The molecule has 0 saturated heterocycles. The molecule has 0 saturated carbocycles. The third kappa shape index (κ3) is 4.14. The smallest absolute Gasteiger partial charge is 0.229 e. The normalized spacial score (nSPS) is 10.4. The van der Waals surface area contributed by atoms with E-state index in [9.17, 15) is 4.79 Å². The lowest BCUT2D eigenvalue weighted by Crippen LogP contribution is -2.01. The molecule has 0 spiro atoms. The molecule has 0 fully saturated rings. The Morgan fingerprint density at radius 2 is 1.80 bits per heavy atom. The molecule has 0 unspecified atom stereocenters. The number of hydrogen-bond donors (Lipinski definition) is 2. The lowest BCUT2D eigenvalue weighted by Gasteiger charge is -2.11. The molecule has 3 rings (SSSR count). The molecular formula is C19H17ClN4O. The Labute approximate surface area is 151 Å². The van der Waals surface area contributed by atoms with Crippen molar-refractivity contribution in [2.75, 3.05) is 10.6 Å². The highest BCUT2D eigenvalue weighted by Crippen LogP contribution is 2.25. The van der Waals surface area contributed by atoms with Crippen LogP contribution in [0.1, 0.15) is 22.8 Å². The molecule has 5 nitrogen and oxygen atoms in total. The molecule has 0 amide bonds. The van der Waals surface area contributed by atoms with E-state index in [1.165, 1.54) is 0 Å². The molecule has 0 aliphatic carbocycles. The maximum absolute atomic E-state index is 11.3. The van der Waals surface area contributed by atoms with Gasteiger partial charge in [-0.15, -0.1) is 0 Å². The lowest BCUT2D eigenvalue weighted by atomic mass is 10.1. The van der Waals surface area contributed by atoms with Gasteiger partial charge in [-0.1, -0.05) is 17.7 Å². The summed E-state index contributed by atoms with van der Waals surface area (Å²) < 4.78 is 0. The van der Waals surface area contributed by atoms with Gasteiger partial charge in [-0.2, -0.15) is 4.98 Å². The number of carbonyl (C=O) groups is 1. The van der Waals surface area contributed by atoms with Crippen LogP contribution in [0.3, 0.4) is 0 Å². The quantitative estimate of drug-likeness (QED) is 0.623. The molecule has 0 aliphatic rings. The molecule has 1 aromatic heterocycles. The minimum Gasteiger partial charge on any atom is -0.340 e. The summed E-state index contributed by atoms with van der Waals surface area (Å²) in [5, 5.41) is 7.06. The van der Waals surface area contributed by atoms with Crippen LogP contribution in [-0.4, -0.2) is 15.8 Å². The van der Waals surface area contributed by atoms with Crippen LogP contribution in [0.15, 0.2) is 54.7 Å². The van der Waals surface area contributed by atoms with Crippen molar-refractivity contribution in [3.63, 3.8) is 0 Å². The minimum absolute atomic E-state index is 0.0332. The zero-order valence-corrected chi connectivity index (χ0v) is 14.6. The van der Waals surface area contributed by atoms with E-state index >= 15 is 0 Å². The Balaban J connectivity index is 1.77. The second-order valence-corrected chi connectivity index (χ2v) is 5.97. The van der Waals surface area contributed by atoms with Crippen LogP contribution in [-0.2, 0) is 0 Å². The number of nitrogens with one attached hydrogen (secondary N) is 2. The van der Waals surface area contributed by atoms with E-state index < -0.39 is 0 Å². The van der Waals surface area contributed by atoms with Gasteiger partial charge in [0.25, 0.3) is 0 Å². The van der Waals surface area contributed by atoms with E-state index in [1.54, 1.807) is 31.3 Å². The number of halogens is 1. The molecule has 126 valence electrons. The fraction of sp³-hybridized carbons (Fsp3) is 0.105. The number of benzene rings is 2. The Kier molecular flexibility index (Phi) is 4.95. The predicted octanol–water partition coefficient (Wildman–Crippen LogP) is 5.13. The van der Waals surface area contributed by atoms with Gasteiger partial charge in [0.1, 0.15) is 5.82 Å². The maximum atomic E-state index is 11.3. The van der Waals surface area contributed by atoms with Gasteiger partial charge in [0.05, 0.1) is 0 Å². The zero-order chi connectivity index (χ0) is 17.8. The highest BCUT2D eigenvalue weighted by atomic mass is 35.5. The van der Waals surface area contributed by atoms with Gasteiger partial charge in [0.15, 0.2) is 5.78 Å². The molecular weight excluding hydrogens is 336 g/mol. The SMILES string of the molecule is CC(=O)c1ccc(Nc2nccc(Nc3cccc(Cl)c3C)n2)cc1. The number of rotatable bonds is 5. The van der Waals surface area contributed by atoms with Crippen LogP contribution in [0, 0.1) is 6.92 Å². The van der Waals surface area contributed by atoms with Crippen molar-refractivity contribution in [1.29, 1.82) is 0 Å². The first kappa shape index (κ1) is 16.9. The molecule has 2 aromatic carbocycles. The number of anilines is 4. The van der Waals surface area contributed by atoms with E-state index in [-0.39, 0.29) is 5.78 Å². The first-order valence-corrected chi connectivity index (χ1v) is 8.14. The molecule has 0 atom stereocenters. The number of Topliss-reactive ketones (excluding diaryl/α,β-unsaturated/α-hetero) is 1. The van der Waals surface area contributed by atoms with Gasteiger partial charge >= 0.3 is 0 Å². The fourth-order valence-corrected chi connectivity index (χ4v) is 2.46. The second-order valence-electron chi connectivity index (χ2n) is 5.56. The molecule has 6 heteroatoms. The second kappa shape index (κ2) is 7.32. The highest BCUT2D eigenvalue weighted by molar-refractivity contribution is 6.31. The van der Waals surface area contributed by atoms with Gasteiger partial charge in [0.2, 0.25) is 5.95 Å². The minimum atomic E-state index is 0.0332. The van der Waals surface area contributed by atoms with Crippen molar-refractivity contribution in [2.45, 2.75) is 13.8 Å². The summed E-state index contributed by atoms with van der Waals surface area (Å²) in [4.78, 5) is 20.0. The van der Waals surface area contributed by atoms with Crippen LogP contribution < -0.4 is 10.6 Å². The van der Waals surface area contributed by atoms with Gasteiger partial charge in [0, 0.05) is 28.2 Å². The van der Waals surface area contributed by atoms with E-state index in [1.807, 2.05) is 37.3 Å². The van der Waals surface area contributed by atoms with Crippen LogP contribution in [0.4, 0.5) is 23.1 Å². The maximum Gasteiger partial charge on any atom is 0.229 e. The molecule has 25 heavy (non-hydrogen) atoms. The van der Waals surface area contributed by atoms with Crippen molar-refractivity contribution in [2.24, 2.45) is 0 Å². The molecule has 0 aliphatic heterocycles. The summed E-state index contributed by atoms with van der Waals surface area (Å²) in [6.07, 6.45) is 1.67. The topological polar surface area (TPSA) is 66.9 Å². The van der Waals surface area contributed by atoms with Gasteiger partial charge in [-0.25, -0.2) is 4.98 Å². The standard InChI is InChI=1S/C19H17ClN4O/c1-12-16(20)4-3-5-17(12)23-18-10-11-21-19(24-18)22-15-8-6-14(7-9-15)13(2)25/h3-11H,1-2H3,(H2,21,22,23,24). The van der Waals surface area contributed by atoms with Crippen molar-refractivity contribution in [3.8, 4) is 0 Å². The lowest BCUT2D eigenvalue weighted by molar-refractivity contribution is 0.101. The summed E-state index contributed by atoms with van der Waals surface area (Å²) in [7, 11) is 0. The van der Waals surface area contributed by atoms with Crippen LogP contribution >= 0.6 is 11.6 Å². The van der Waals surface area contributed by atoms with Gasteiger partial charge in [-0.05, 0) is 61.9 Å².